The van der Waals surface area contributed by atoms with Gasteiger partial charge < -0.3 is 10.0 Å². The lowest BCUT2D eigenvalue weighted by atomic mass is 10.1. The van der Waals surface area contributed by atoms with Crippen molar-refractivity contribution in [1.29, 1.82) is 0 Å². The Morgan fingerprint density at radius 3 is 2.78 bits per heavy atom. The molecule has 2 rings (SSSR count). The largest absolute Gasteiger partial charge is 0.480 e. The average Bonchev–Trinajstić information content (AvgIpc) is 2.84. The summed E-state index contributed by atoms with van der Waals surface area (Å²) in [5.41, 5.74) is 0.206. The summed E-state index contributed by atoms with van der Waals surface area (Å²) in [6.07, 6.45) is 2.36. The first-order valence-corrected chi connectivity index (χ1v) is 5.90. The fourth-order valence-electron chi connectivity index (χ4n) is 2.34. The SMILES string of the molecule is CC1CC(C)N(C(=O)c2cn(CC(=O)O)nn2)C1. The molecule has 98 valence electrons. The van der Waals surface area contributed by atoms with Crippen molar-refractivity contribution in [1.82, 2.24) is 19.9 Å². The summed E-state index contributed by atoms with van der Waals surface area (Å²) in [5, 5.41) is 16.0. The van der Waals surface area contributed by atoms with E-state index in [2.05, 4.69) is 17.2 Å². The second kappa shape index (κ2) is 4.75. The standard InChI is InChI=1S/C11H16N4O3/c1-7-3-8(2)15(4-7)11(18)9-5-14(13-12-9)6-10(16)17/h5,7-8H,3-4,6H2,1-2H3,(H,16,17). The van der Waals surface area contributed by atoms with Gasteiger partial charge in [-0.15, -0.1) is 5.10 Å². The van der Waals surface area contributed by atoms with Crippen molar-refractivity contribution in [2.24, 2.45) is 5.92 Å². The van der Waals surface area contributed by atoms with E-state index in [4.69, 9.17) is 5.11 Å². The predicted octanol–water partition coefficient (Wildman–Crippen LogP) is 0.233. The Morgan fingerprint density at radius 2 is 2.22 bits per heavy atom. The van der Waals surface area contributed by atoms with Crippen LogP contribution in [-0.4, -0.2) is 49.5 Å². The third kappa shape index (κ3) is 2.49. The topological polar surface area (TPSA) is 88.3 Å². The Labute approximate surface area is 104 Å². The van der Waals surface area contributed by atoms with E-state index in [1.807, 2.05) is 6.92 Å². The van der Waals surface area contributed by atoms with Gasteiger partial charge in [-0.25, -0.2) is 4.68 Å². The number of carbonyl (C=O) groups excluding carboxylic acids is 1. The van der Waals surface area contributed by atoms with Crippen LogP contribution in [0.3, 0.4) is 0 Å². The lowest BCUT2D eigenvalue weighted by Crippen LogP contribution is -2.34. The van der Waals surface area contributed by atoms with E-state index in [0.29, 0.717) is 12.5 Å². The number of carboxylic acid groups (broad SMARTS) is 1. The number of hydrogen-bond donors (Lipinski definition) is 1. The first kappa shape index (κ1) is 12.5. The summed E-state index contributed by atoms with van der Waals surface area (Å²) in [6.45, 7) is 4.53. The van der Waals surface area contributed by atoms with Gasteiger partial charge >= 0.3 is 5.97 Å². The number of amides is 1. The van der Waals surface area contributed by atoms with Crippen molar-refractivity contribution in [2.45, 2.75) is 32.9 Å². The van der Waals surface area contributed by atoms with Gasteiger partial charge in [0.25, 0.3) is 5.91 Å². The van der Waals surface area contributed by atoms with Gasteiger partial charge in [-0.3, -0.25) is 9.59 Å². The number of likely N-dealkylation sites (tertiary alicyclic amines) is 1. The lowest BCUT2D eigenvalue weighted by molar-refractivity contribution is -0.137. The minimum absolute atomic E-state index is 0.177. The van der Waals surface area contributed by atoms with Crippen molar-refractivity contribution < 1.29 is 14.7 Å². The molecular formula is C11H16N4O3. The molecule has 0 saturated carbocycles. The van der Waals surface area contributed by atoms with E-state index in [-0.39, 0.29) is 24.2 Å². The Kier molecular flexibility index (Phi) is 3.31. The van der Waals surface area contributed by atoms with Crippen LogP contribution in [0.5, 0.6) is 0 Å². The van der Waals surface area contributed by atoms with Crippen LogP contribution in [0.1, 0.15) is 30.8 Å². The first-order chi connectivity index (χ1) is 8.47. The molecular weight excluding hydrogens is 236 g/mol. The zero-order chi connectivity index (χ0) is 13.3. The van der Waals surface area contributed by atoms with Gasteiger partial charge in [-0.05, 0) is 19.3 Å². The molecule has 0 aromatic carbocycles. The van der Waals surface area contributed by atoms with Crippen molar-refractivity contribution in [3.63, 3.8) is 0 Å². The Morgan fingerprint density at radius 1 is 1.50 bits per heavy atom. The van der Waals surface area contributed by atoms with Crippen LogP contribution < -0.4 is 0 Å². The van der Waals surface area contributed by atoms with Gasteiger partial charge in [0.2, 0.25) is 0 Å². The number of aromatic nitrogens is 3. The maximum atomic E-state index is 12.2. The van der Waals surface area contributed by atoms with Gasteiger partial charge in [0.15, 0.2) is 5.69 Å². The molecule has 1 aliphatic rings. The van der Waals surface area contributed by atoms with Gasteiger partial charge in [-0.1, -0.05) is 12.1 Å². The molecule has 1 saturated heterocycles. The fraction of sp³-hybridized carbons (Fsp3) is 0.636. The number of nitrogens with zero attached hydrogens (tertiary/aromatic N) is 4. The summed E-state index contributed by atoms with van der Waals surface area (Å²) in [5.74, 6) is -0.705. The number of rotatable bonds is 3. The highest BCUT2D eigenvalue weighted by molar-refractivity contribution is 5.92. The van der Waals surface area contributed by atoms with E-state index in [9.17, 15) is 9.59 Å². The molecule has 7 nitrogen and oxygen atoms in total. The molecule has 1 aromatic heterocycles. The molecule has 1 aromatic rings. The minimum Gasteiger partial charge on any atom is -0.480 e. The van der Waals surface area contributed by atoms with E-state index >= 15 is 0 Å². The van der Waals surface area contributed by atoms with Crippen molar-refractivity contribution >= 4 is 11.9 Å². The van der Waals surface area contributed by atoms with Crippen molar-refractivity contribution in [3.8, 4) is 0 Å². The Hall–Kier alpha value is -1.92. The van der Waals surface area contributed by atoms with E-state index in [1.165, 1.54) is 6.20 Å². The molecule has 0 aliphatic carbocycles. The number of aliphatic carboxylic acids is 1. The number of hydrogen-bond acceptors (Lipinski definition) is 4. The number of carbonyl (C=O) groups is 2. The quantitative estimate of drug-likeness (QED) is 0.832. The summed E-state index contributed by atoms with van der Waals surface area (Å²) in [7, 11) is 0. The Bertz CT molecular complexity index is 471. The highest BCUT2D eigenvalue weighted by Crippen LogP contribution is 2.23. The summed E-state index contributed by atoms with van der Waals surface area (Å²) in [6, 6.07) is 0.192. The monoisotopic (exact) mass is 252 g/mol. The van der Waals surface area contributed by atoms with Crippen LogP contribution in [0.2, 0.25) is 0 Å². The van der Waals surface area contributed by atoms with Crippen LogP contribution in [-0.2, 0) is 11.3 Å². The molecule has 1 N–H and O–H groups in total. The normalized spacial score (nSPS) is 23.3. The Balaban J connectivity index is 2.09. The summed E-state index contributed by atoms with van der Waals surface area (Å²) >= 11 is 0. The fourth-order valence-corrected chi connectivity index (χ4v) is 2.34. The van der Waals surface area contributed by atoms with Crippen molar-refractivity contribution in [3.05, 3.63) is 11.9 Å². The van der Waals surface area contributed by atoms with Gasteiger partial charge in [0.05, 0.1) is 6.20 Å². The van der Waals surface area contributed by atoms with Crippen LogP contribution in [0.4, 0.5) is 0 Å². The smallest absolute Gasteiger partial charge is 0.325 e. The molecule has 18 heavy (non-hydrogen) atoms. The highest BCUT2D eigenvalue weighted by atomic mass is 16.4. The third-order valence-corrected chi connectivity index (χ3v) is 3.10. The molecule has 0 spiro atoms. The molecule has 2 heterocycles. The van der Waals surface area contributed by atoms with Crippen LogP contribution in [0.15, 0.2) is 6.20 Å². The zero-order valence-corrected chi connectivity index (χ0v) is 10.4. The summed E-state index contributed by atoms with van der Waals surface area (Å²) < 4.78 is 1.15. The van der Waals surface area contributed by atoms with Crippen LogP contribution in [0, 0.1) is 5.92 Å². The molecule has 2 atom stereocenters. The molecule has 0 radical (unpaired) electrons. The first-order valence-electron chi connectivity index (χ1n) is 5.90. The average molecular weight is 252 g/mol. The second-order valence-electron chi connectivity index (χ2n) is 4.84. The summed E-state index contributed by atoms with van der Waals surface area (Å²) in [4.78, 5) is 24.4. The molecule has 1 fully saturated rings. The number of carboxylic acids is 1. The van der Waals surface area contributed by atoms with Crippen molar-refractivity contribution in [2.75, 3.05) is 6.54 Å². The maximum Gasteiger partial charge on any atom is 0.325 e. The van der Waals surface area contributed by atoms with Gasteiger partial charge in [-0.2, -0.15) is 0 Å². The van der Waals surface area contributed by atoms with Gasteiger partial charge in [0.1, 0.15) is 6.54 Å². The molecule has 2 unspecified atom stereocenters. The zero-order valence-electron chi connectivity index (χ0n) is 10.4. The van der Waals surface area contributed by atoms with Crippen LogP contribution in [0.25, 0.3) is 0 Å². The molecule has 0 bridgehead atoms. The van der Waals surface area contributed by atoms with E-state index in [1.54, 1.807) is 4.90 Å². The third-order valence-electron chi connectivity index (χ3n) is 3.10. The predicted molar refractivity (Wildman–Crippen MR) is 61.9 cm³/mol. The molecule has 1 amide bonds. The molecule has 7 heteroatoms. The lowest BCUT2D eigenvalue weighted by Gasteiger charge is -2.19. The minimum atomic E-state index is -1.01. The van der Waals surface area contributed by atoms with E-state index in [0.717, 1.165) is 11.1 Å². The highest BCUT2D eigenvalue weighted by Gasteiger charge is 2.31. The maximum absolute atomic E-state index is 12.2. The van der Waals surface area contributed by atoms with Crippen LogP contribution >= 0.6 is 0 Å². The molecule has 1 aliphatic heterocycles. The van der Waals surface area contributed by atoms with Gasteiger partial charge in [0, 0.05) is 12.6 Å². The second-order valence-corrected chi connectivity index (χ2v) is 4.84. The van der Waals surface area contributed by atoms with E-state index < -0.39 is 5.97 Å².